The number of amides is 2. The van der Waals surface area contributed by atoms with Gasteiger partial charge in [0.1, 0.15) is 0 Å². The van der Waals surface area contributed by atoms with Crippen molar-refractivity contribution >= 4 is 11.7 Å². The summed E-state index contributed by atoms with van der Waals surface area (Å²) in [6.45, 7) is 2.52. The minimum Gasteiger partial charge on any atom is -0.393 e. The molecule has 0 unspecified atom stereocenters. The number of aliphatic hydroxyl groups is 1. The van der Waals surface area contributed by atoms with Gasteiger partial charge in [0.05, 0.1) is 6.10 Å². The standard InChI is InChI=1S/C19H22N2O2/c1-13-4-2-5-14(10-13)12-20-19(23)21-18-7-3-6-15-8-9-16(22)11-17(15)18/h2-7,10,16,22H,8-9,11-12H2,1H3,(H2,20,21,23)/t16-/m1/s1. The van der Waals surface area contributed by atoms with Crippen LogP contribution >= 0.6 is 0 Å². The quantitative estimate of drug-likeness (QED) is 0.815. The molecule has 2 aromatic carbocycles. The van der Waals surface area contributed by atoms with Crippen molar-refractivity contribution in [2.24, 2.45) is 0 Å². The van der Waals surface area contributed by atoms with E-state index in [1.807, 2.05) is 37.3 Å². The van der Waals surface area contributed by atoms with Gasteiger partial charge in [0.2, 0.25) is 0 Å². The van der Waals surface area contributed by atoms with Crippen LogP contribution in [0, 0.1) is 6.92 Å². The van der Waals surface area contributed by atoms with Gasteiger partial charge < -0.3 is 15.7 Å². The summed E-state index contributed by atoms with van der Waals surface area (Å²) in [7, 11) is 0. The number of fused-ring (bicyclic) bond motifs is 1. The molecule has 2 amide bonds. The third-order valence-corrected chi connectivity index (χ3v) is 4.24. The molecule has 0 bridgehead atoms. The molecule has 1 atom stereocenters. The van der Waals surface area contributed by atoms with Crippen molar-refractivity contribution in [3.63, 3.8) is 0 Å². The normalized spacial score (nSPS) is 16.5. The molecule has 4 heteroatoms. The number of carbonyl (C=O) groups is 1. The van der Waals surface area contributed by atoms with E-state index in [0.717, 1.165) is 29.7 Å². The number of rotatable bonds is 3. The van der Waals surface area contributed by atoms with Crippen molar-refractivity contribution in [3.8, 4) is 0 Å². The van der Waals surface area contributed by atoms with Gasteiger partial charge >= 0.3 is 6.03 Å². The lowest BCUT2D eigenvalue weighted by atomic mass is 9.88. The Labute approximate surface area is 136 Å². The highest BCUT2D eigenvalue weighted by Gasteiger charge is 2.19. The average Bonchev–Trinajstić information content (AvgIpc) is 2.54. The van der Waals surface area contributed by atoms with Crippen molar-refractivity contribution in [1.29, 1.82) is 0 Å². The highest BCUT2D eigenvalue weighted by molar-refractivity contribution is 5.90. The number of carbonyl (C=O) groups excluding carboxylic acids is 1. The first-order valence-electron chi connectivity index (χ1n) is 8.01. The summed E-state index contributed by atoms with van der Waals surface area (Å²) in [4.78, 5) is 12.2. The van der Waals surface area contributed by atoms with Crippen LogP contribution in [-0.4, -0.2) is 17.2 Å². The molecular weight excluding hydrogens is 288 g/mol. The molecule has 120 valence electrons. The number of benzene rings is 2. The molecule has 0 spiro atoms. The van der Waals surface area contributed by atoms with Gasteiger partial charge in [0.15, 0.2) is 0 Å². The van der Waals surface area contributed by atoms with Gasteiger partial charge in [-0.2, -0.15) is 0 Å². The van der Waals surface area contributed by atoms with Crippen LogP contribution in [0.1, 0.15) is 28.7 Å². The lowest BCUT2D eigenvalue weighted by Gasteiger charge is -2.23. The Kier molecular flexibility index (Phi) is 4.63. The number of aryl methyl sites for hydroxylation is 2. The summed E-state index contributed by atoms with van der Waals surface area (Å²) in [5.41, 5.74) is 5.31. The summed E-state index contributed by atoms with van der Waals surface area (Å²) >= 11 is 0. The van der Waals surface area contributed by atoms with Gasteiger partial charge in [0.25, 0.3) is 0 Å². The van der Waals surface area contributed by atoms with Crippen LogP contribution in [0.3, 0.4) is 0 Å². The topological polar surface area (TPSA) is 61.4 Å². The third kappa shape index (κ3) is 3.90. The van der Waals surface area contributed by atoms with Gasteiger partial charge in [-0.25, -0.2) is 4.79 Å². The Morgan fingerprint density at radius 2 is 2.09 bits per heavy atom. The summed E-state index contributed by atoms with van der Waals surface area (Å²) < 4.78 is 0. The summed E-state index contributed by atoms with van der Waals surface area (Å²) in [5.74, 6) is 0. The number of aliphatic hydroxyl groups excluding tert-OH is 1. The van der Waals surface area contributed by atoms with Gasteiger partial charge in [-0.1, -0.05) is 42.0 Å². The lowest BCUT2D eigenvalue weighted by molar-refractivity contribution is 0.159. The molecule has 0 saturated carbocycles. The van der Waals surface area contributed by atoms with Crippen LogP contribution in [-0.2, 0) is 19.4 Å². The zero-order chi connectivity index (χ0) is 16.2. The first-order valence-corrected chi connectivity index (χ1v) is 8.01. The second kappa shape index (κ2) is 6.84. The summed E-state index contributed by atoms with van der Waals surface area (Å²) in [6, 6.07) is 13.8. The first kappa shape index (κ1) is 15.6. The van der Waals surface area contributed by atoms with Crippen LogP contribution in [0.2, 0.25) is 0 Å². The Balaban J connectivity index is 1.64. The van der Waals surface area contributed by atoms with Crippen molar-refractivity contribution in [1.82, 2.24) is 5.32 Å². The average molecular weight is 310 g/mol. The molecule has 4 nitrogen and oxygen atoms in total. The van der Waals surface area contributed by atoms with Crippen LogP contribution in [0.4, 0.5) is 10.5 Å². The van der Waals surface area contributed by atoms with Crippen LogP contribution < -0.4 is 10.6 Å². The van der Waals surface area contributed by atoms with E-state index in [1.165, 1.54) is 11.1 Å². The molecule has 23 heavy (non-hydrogen) atoms. The first-order chi connectivity index (χ1) is 11.1. The fraction of sp³-hybridized carbons (Fsp3) is 0.316. The largest absolute Gasteiger partial charge is 0.393 e. The molecule has 1 aliphatic carbocycles. The van der Waals surface area contributed by atoms with Gasteiger partial charge in [-0.05, 0) is 42.5 Å². The predicted octanol–water partition coefficient (Wildman–Crippen LogP) is 3.17. The highest BCUT2D eigenvalue weighted by atomic mass is 16.3. The number of anilines is 1. The molecule has 0 fully saturated rings. The van der Waals surface area contributed by atoms with E-state index in [-0.39, 0.29) is 12.1 Å². The molecule has 0 aromatic heterocycles. The molecule has 0 radical (unpaired) electrons. The van der Waals surface area contributed by atoms with Crippen molar-refractivity contribution in [2.45, 2.75) is 38.8 Å². The number of nitrogens with one attached hydrogen (secondary N) is 2. The van der Waals surface area contributed by atoms with E-state index in [1.54, 1.807) is 0 Å². The summed E-state index contributed by atoms with van der Waals surface area (Å²) in [5, 5.41) is 15.7. The van der Waals surface area contributed by atoms with E-state index < -0.39 is 0 Å². The molecule has 2 aromatic rings. The molecule has 3 N–H and O–H groups in total. The maximum Gasteiger partial charge on any atom is 0.319 e. The fourth-order valence-electron chi connectivity index (χ4n) is 3.06. The monoisotopic (exact) mass is 310 g/mol. The molecule has 0 heterocycles. The maximum atomic E-state index is 12.2. The Bertz CT molecular complexity index is 712. The number of urea groups is 1. The minimum atomic E-state index is -0.319. The van der Waals surface area contributed by atoms with Gasteiger partial charge in [-0.3, -0.25) is 0 Å². The van der Waals surface area contributed by atoms with E-state index in [2.05, 4.69) is 22.8 Å². The fourth-order valence-corrected chi connectivity index (χ4v) is 3.06. The highest BCUT2D eigenvalue weighted by Crippen LogP contribution is 2.28. The lowest BCUT2D eigenvalue weighted by Crippen LogP contribution is -2.29. The van der Waals surface area contributed by atoms with E-state index in [0.29, 0.717) is 13.0 Å². The van der Waals surface area contributed by atoms with E-state index >= 15 is 0 Å². The van der Waals surface area contributed by atoms with Crippen LogP contribution in [0.5, 0.6) is 0 Å². The zero-order valence-electron chi connectivity index (χ0n) is 13.3. The Morgan fingerprint density at radius 1 is 1.26 bits per heavy atom. The van der Waals surface area contributed by atoms with Crippen molar-refractivity contribution < 1.29 is 9.90 Å². The molecule has 3 rings (SSSR count). The Hall–Kier alpha value is -2.33. The SMILES string of the molecule is Cc1cccc(CNC(=O)Nc2cccc3c2C[C@H](O)CC3)c1. The number of hydrogen-bond acceptors (Lipinski definition) is 2. The van der Waals surface area contributed by atoms with Crippen LogP contribution in [0.25, 0.3) is 0 Å². The summed E-state index contributed by atoms with van der Waals surface area (Å²) in [6.07, 6.45) is 1.93. The van der Waals surface area contributed by atoms with Gasteiger partial charge in [-0.15, -0.1) is 0 Å². The smallest absolute Gasteiger partial charge is 0.319 e. The molecule has 1 aliphatic rings. The van der Waals surface area contributed by atoms with E-state index in [4.69, 9.17) is 0 Å². The van der Waals surface area contributed by atoms with Crippen molar-refractivity contribution in [2.75, 3.05) is 5.32 Å². The molecule has 0 saturated heterocycles. The zero-order valence-corrected chi connectivity index (χ0v) is 13.3. The molecular formula is C19H22N2O2. The minimum absolute atomic E-state index is 0.222. The van der Waals surface area contributed by atoms with Crippen molar-refractivity contribution in [3.05, 3.63) is 64.7 Å². The van der Waals surface area contributed by atoms with Gasteiger partial charge in [0, 0.05) is 18.7 Å². The maximum absolute atomic E-state index is 12.2. The number of hydrogen-bond donors (Lipinski definition) is 3. The van der Waals surface area contributed by atoms with E-state index in [9.17, 15) is 9.90 Å². The second-order valence-electron chi connectivity index (χ2n) is 6.14. The third-order valence-electron chi connectivity index (χ3n) is 4.24. The Morgan fingerprint density at radius 3 is 2.91 bits per heavy atom. The second-order valence-corrected chi connectivity index (χ2v) is 6.14. The predicted molar refractivity (Wildman–Crippen MR) is 91.5 cm³/mol. The van der Waals surface area contributed by atoms with Crippen LogP contribution in [0.15, 0.2) is 42.5 Å². The molecule has 0 aliphatic heterocycles.